The average molecular weight is 378 g/mol. The zero-order valence-corrected chi connectivity index (χ0v) is 16.4. The van der Waals surface area contributed by atoms with E-state index in [0.29, 0.717) is 24.5 Å². The Morgan fingerprint density at radius 2 is 1.96 bits per heavy atom. The zero-order valence-electron chi connectivity index (χ0n) is 16.4. The van der Waals surface area contributed by atoms with Gasteiger partial charge >= 0.3 is 0 Å². The summed E-state index contributed by atoms with van der Waals surface area (Å²) < 4.78 is 11.0. The first kappa shape index (κ1) is 19.7. The van der Waals surface area contributed by atoms with Gasteiger partial charge in [0, 0.05) is 24.4 Å². The molecule has 1 heterocycles. The van der Waals surface area contributed by atoms with Crippen LogP contribution in [0.5, 0.6) is 5.75 Å². The quantitative estimate of drug-likeness (QED) is 0.599. The van der Waals surface area contributed by atoms with Crippen molar-refractivity contribution in [3.63, 3.8) is 0 Å². The molecule has 0 spiro atoms. The van der Waals surface area contributed by atoms with Gasteiger partial charge in [-0.3, -0.25) is 4.79 Å². The fraction of sp³-hybridized carbons (Fsp3) is 0.304. The zero-order chi connectivity index (χ0) is 19.8. The smallest absolute Gasteiger partial charge is 0.220 e. The van der Waals surface area contributed by atoms with E-state index in [2.05, 4.69) is 22.4 Å². The normalized spacial score (nSPS) is 11.8. The summed E-state index contributed by atoms with van der Waals surface area (Å²) in [5.41, 5.74) is 2.19. The average Bonchev–Trinajstić information content (AvgIpc) is 3.21. The van der Waals surface area contributed by atoms with Crippen molar-refractivity contribution in [2.24, 2.45) is 0 Å². The number of aryl methyl sites for hydroxylation is 2. The third-order valence-corrected chi connectivity index (χ3v) is 4.59. The summed E-state index contributed by atoms with van der Waals surface area (Å²) in [5, 5.41) is 3.05. The number of carbonyl (C=O) groups is 1. The Hall–Kier alpha value is -3.08. The van der Waals surface area contributed by atoms with Crippen molar-refractivity contribution in [3.05, 3.63) is 72.2 Å². The van der Waals surface area contributed by atoms with Crippen LogP contribution in [0.2, 0.25) is 0 Å². The van der Waals surface area contributed by atoms with Crippen LogP contribution in [-0.4, -0.2) is 24.0 Å². The Balaban J connectivity index is 1.45. The van der Waals surface area contributed by atoms with E-state index in [-0.39, 0.29) is 11.9 Å². The van der Waals surface area contributed by atoms with Gasteiger partial charge in [0.05, 0.1) is 13.3 Å². The van der Waals surface area contributed by atoms with Crippen molar-refractivity contribution in [1.29, 1.82) is 0 Å². The lowest BCUT2D eigenvalue weighted by molar-refractivity contribution is -0.121. The van der Waals surface area contributed by atoms with Crippen molar-refractivity contribution in [1.82, 2.24) is 10.3 Å². The molecule has 1 atom stereocenters. The Labute approximate surface area is 165 Å². The summed E-state index contributed by atoms with van der Waals surface area (Å²) in [6.07, 6.45) is 4.38. The monoisotopic (exact) mass is 378 g/mol. The molecule has 0 aliphatic heterocycles. The first-order valence-electron chi connectivity index (χ1n) is 9.56. The molecule has 0 aliphatic rings. The lowest BCUT2D eigenvalue weighted by Gasteiger charge is -2.13. The van der Waals surface area contributed by atoms with Gasteiger partial charge in [0.1, 0.15) is 5.75 Å². The molecule has 2 aromatic carbocycles. The molecule has 0 bridgehead atoms. The number of benzene rings is 2. The first-order valence-corrected chi connectivity index (χ1v) is 9.56. The van der Waals surface area contributed by atoms with E-state index in [1.54, 1.807) is 13.3 Å². The minimum absolute atomic E-state index is 0.0155. The molecule has 3 aromatic rings. The van der Waals surface area contributed by atoms with Crippen molar-refractivity contribution in [2.45, 2.75) is 38.6 Å². The van der Waals surface area contributed by atoms with Gasteiger partial charge < -0.3 is 14.5 Å². The summed E-state index contributed by atoms with van der Waals surface area (Å²) in [7, 11) is 1.63. The van der Waals surface area contributed by atoms with Crippen LogP contribution in [0.15, 0.2) is 65.2 Å². The Bertz CT molecular complexity index is 890. The molecule has 5 heteroatoms. The molecule has 0 saturated heterocycles. The summed E-state index contributed by atoms with van der Waals surface area (Å²) >= 11 is 0. The van der Waals surface area contributed by atoms with Crippen LogP contribution in [0.1, 0.15) is 31.2 Å². The highest BCUT2D eigenvalue weighted by Crippen LogP contribution is 2.24. The SMILES string of the molecule is COc1cccc(-c2cnc(CCC(=O)N[C@@H](C)CCc3ccccc3)o2)c1. The largest absolute Gasteiger partial charge is 0.497 e. The molecule has 0 aliphatic carbocycles. The highest BCUT2D eigenvalue weighted by Gasteiger charge is 2.11. The van der Waals surface area contributed by atoms with Crippen LogP contribution < -0.4 is 10.1 Å². The number of ether oxygens (including phenoxy) is 1. The van der Waals surface area contributed by atoms with Gasteiger partial charge in [-0.25, -0.2) is 4.98 Å². The molecule has 1 N–H and O–H groups in total. The van der Waals surface area contributed by atoms with Crippen molar-refractivity contribution >= 4 is 5.91 Å². The number of rotatable bonds is 9. The third kappa shape index (κ3) is 5.71. The molecule has 0 radical (unpaired) electrons. The fourth-order valence-corrected chi connectivity index (χ4v) is 3.00. The van der Waals surface area contributed by atoms with E-state index in [1.807, 2.05) is 49.4 Å². The molecule has 1 aromatic heterocycles. The maximum absolute atomic E-state index is 12.2. The van der Waals surface area contributed by atoms with E-state index in [4.69, 9.17) is 9.15 Å². The van der Waals surface area contributed by atoms with Crippen molar-refractivity contribution < 1.29 is 13.9 Å². The van der Waals surface area contributed by atoms with Gasteiger partial charge in [0.15, 0.2) is 11.7 Å². The number of nitrogens with one attached hydrogen (secondary N) is 1. The molecular weight excluding hydrogens is 352 g/mol. The number of nitrogens with zero attached hydrogens (tertiary/aromatic N) is 1. The molecule has 3 rings (SSSR count). The first-order chi connectivity index (χ1) is 13.6. The lowest BCUT2D eigenvalue weighted by Crippen LogP contribution is -2.33. The van der Waals surface area contributed by atoms with Gasteiger partial charge in [-0.1, -0.05) is 42.5 Å². The Morgan fingerprint density at radius 3 is 2.75 bits per heavy atom. The van der Waals surface area contributed by atoms with E-state index in [9.17, 15) is 4.79 Å². The second-order valence-electron chi connectivity index (χ2n) is 6.84. The number of aromatic nitrogens is 1. The Kier molecular flexibility index (Phi) is 6.84. The van der Waals surface area contributed by atoms with Crippen molar-refractivity contribution in [3.8, 4) is 17.1 Å². The van der Waals surface area contributed by atoms with Crippen molar-refractivity contribution in [2.75, 3.05) is 7.11 Å². The van der Waals surface area contributed by atoms with Gasteiger partial charge in [-0.15, -0.1) is 0 Å². The highest BCUT2D eigenvalue weighted by molar-refractivity contribution is 5.76. The molecule has 0 saturated carbocycles. The van der Waals surface area contributed by atoms with Crippen LogP contribution in [0, 0.1) is 0 Å². The van der Waals surface area contributed by atoms with Crippen LogP contribution >= 0.6 is 0 Å². The minimum Gasteiger partial charge on any atom is -0.497 e. The molecule has 0 fully saturated rings. The maximum atomic E-state index is 12.2. The third-order valence-electron chi connectivity index (χ3n) is 4.59. The Morgan fingerprint density at radius 1 is 1.14 bits per heavy atom. The second-order valence-corrected chi connectivity index (χ2v) is 6.84. The minimum atomic E-state index is 0.0155. The number of carbonyl (C=O) groups excluding carboxylic acids is 1. The van der Waals surface area contributed by atoms with E-state index < -0.39 is 0 Å². The fourth-order valence-electron chi connectivity index (χ4n) is 3.00. The van der Waals surface area contributed by atoms with Gasteiger partial charge in [-0.2, -0.15) is 0 Å². The topological polar surface area (TPSA) is 64.4 Å². The van der Waals surface area contributed by atoms with E-state index in [1.165, 1.54) is 5.56 Å². The number of oxazole rings is 1. The van der Waals surface area contributed by atoms with Crippen LogP contribution in [0.4, 0.5) is 0 Å². The molecule has 1 amide bonds. The maximum Gasteiger partial charge on any atom is 0.220 e. The predicted molar refractivity (Wildman–Crippen MR) is 109 cm³/mol. The predicted octanol–water partition coefficient (Wildman–Crippen LogP) is 4.42. The molecule has 146 valence electrons. The number of amides is 1. The molecule has 28 heavy (non-hydrogen) atoms. The van der Waals surface area contributed by atoms with Crippen LogP contribution in [0.3, 0.4) is 0 Å². The summed E-state index contributed by atoms with van der Waals surface area (Å²) in [6.45, 7) is 2.03. The van der Waals surface area contributed by atoms with Gasteiger partial charge in [0.25, 0.3) is 0 Å². The van der Waals surface area contributed by atoms with E-state index in [0.717, 1.165) is 24.2 Å². The lowest BCUT2D eigenvalue weighted by atomic mass is 10.1. The number of hydrogen-bond acceptors (Lipinski definition) is 4. The van der Waals surface area contributed by atoms with E-state index >= 15 is 0 Å². The van der Waals surface area contributed by atoms with Gasteiger partial charge in [-0.05, 0) is 37.5 Å². The summed E-state index contributed by atoms with van der Waals surface area (Å²) in [6, 6.07) is 18.0. The summed E-state index contributed by atoms with van der Waals surface area (Å²) in [5.74, 6) is 2.01. The highest BCUT2D eigenvalue weighted by atomic mass is 16.5. The molecule has 5 nitrogen and oxygen atoms in total. The number of methoxy groups -OCH3 is 1. The van der Waals surface area contributed by atoms with Crippen LogP contribution in [0.25, 0.3) is 11.3 Å². The summed E-state index contributed by atoms with van der Waals surface area (Å²) in [4.78, 5) is 16.5. The molecule has 0 unspecified atom stereocenters. The standard InChI is InChI=1S/C23H26N2O3/c1-17(11-12-18-7-4-3-5-8-18)25-22(26)13-14-23-24-16-21(28-23)19-9-6-10-20(15-19)27-2/h3-10,15-17H,11-14H2,1-2H3,(H,25,26)/t17-/m0/s1. The molecular formula is C23H26N2O3. The van der Waals surface area contributed by atoms with Crippen LogP contribution in [-0.2, 0) is 17.6 Å². The van der Waals surface area contributed by atoms with Gasteiger partial charge in [0.2, 0.25) is 5.91 Å². The number of hydrogen-bond donors (Lipinski definition) is 1. The second kappa shape index (κ2) is 9.74.